The van der Waals surface area contributed by atoms with Gasteiger partial charge in [-0.25, -0.2) is 0 Å². The normalized spacial score (nSPS) is 9.33. The zero-order valence-corrected chi connectivity index (χ0v) is 4.86. The molecule has 0 radical (unpaired) electrons. The van der Waals surface area contributed by atoms with E-state index in [-0.39, 0.29) is 0 Å². The molecular formula is C4H4S2. The highest BCUT2D eigenvalue weighted by Crippen LogP contribution is 1.79. The molecule has 0 nitrogen and oxygen atoms in total. The van der Waals surface area contributed by atoms with Gasteiger partial charge in [0.2, 0.25) is 0 Å². The van der Waals surface area contributed by atoms with Gasteiger partial charge in [-0.2, -0.15) is 0 Å². The molecule has 0 saturated heterocycles. The van der Waals surface area contributed by atoms with Crippen LogP contribution in [0.25, 0.3) is 13.2 Å². The predicted molar refractivity (Wildman–Crippen MR) is 32.5 cm³/mol. The maximum Gasteiger partial charge on any atom is 0.0749 e. The summed E-state index contributed by atoms with van der Waals surface area (Å²) in [4.78, 5) is 0. The van der Waals surface area contributed by atoms with Gasteiger partial charge in [-0.15, -0.1) is 22.7 Å². The van der Waals surface area contributed by atoms with Crippen LogP contribution in [-0.2, 0) is 0 Å². The molecule has 2 heteroatoms. The van der Waals surface area contributed by atoms with E-state index >= 15 is 0 Å². The third-order valence-electron chi connectivity index (χ3n) is 0.455. The molecule has 0 unspecified atom stereocenters. The van der Waals surface area contributed by atoms with Gasteiger partial charge in [0.05, 0.1) is 7.69 Å². The van der Waals surface area contributed by atoms with E-state index in [1.807, 2.05) is 0 Å². The fraction of sp³-hybridized carbons (Fsp3) is 0. The van der Waals surface area contributed by atoms with Gasteiger partial charge in [0.1, 0.15) is 0 Å². The Hall–Kier alpha value is -0.0800. The van der Waals surface area contributed by atoms with Crippen LogP contribution < -0.4 is 7.69 Å². The molecule has 0 amide bonds. The molecule has 0 fully saturated rings. The van der Waals surface area contributed by atoms with Crippen molar-refractivity contribution in [3.05, 3.63) is 7.69 Å². The van der Waals surface area contributed by atoms with Gasteiger partial charge in [0.15, 0.2) is 0 Å². The average Bonchev–Trinajstić information content (AvgIpc) is 1.33. The molecule has 0 bridgehead atoms. The first-order chi connectivity index (χ1) is 2.79. The van der Waals surface area contributed by atoms with Gasteiger partial charge in [-0.1, -0.05) is 13.2 Å². The molecule has 0 spiro atoms. The number of rotatable bonds is 0. The van der Waals surface area contributed by atoms with Crippen LogP contribution in [0.1, 0.15) is 0 Å². The van der Waals surface area contributed by atoms with Gasteiger partial charge >= 0.3 is 0 Å². The first-order valence-electron chi connectivity index (χ1n) is 1.52. The van der Waals surface area contributed by atoms with Crippen molar-refractivity contribution in [1.29, 1.82) is 0 Å². The molecule has 0 aromatic carbocycles. The fourth-order valence-corrected chi connectivity index (χ4v) is 1.74. The Labute approximate surface area is 44.1 Å². The van der Waals surface area contributed by atoms with E-state index in [4.69, 9.17) is 0 Å². The minimum absolute atomic E-state index is 1.17. The molecule has 0 saturated carbocycles. The van der Waals surface area contributed by atoms with Gasteiger partial charge < -0.3 is 0 Å². The van der Waals surface area contributed by atoms with Crippen LogP contribution in [-0.4, -0.2) is 0 Å². The van der Waals surface area contributed by atoms with Crippen molar-refractivity contribution in [2.24, 2.45) is 0 Å². The summed E-state index contributed by atoms with van der Waals surface area (Å²) in [5, 5.41) is 0. The quantitative estimate of drug-likeness (QED) is 0.466. The Balaban J connectivity index is 3.41. The first-order valence-corrected chi connectivity index (χ1v) is 3.16. The molecule has 0 atom stereocenters. The summed E-state index contributed by atoms with van der Waals surface area (Å²) in [6.07, 6.45) is 0. The Morgan fingerprint density at radius 2 is 1.33 bits per heavy atom. The van der Waals surface area contributed by atoms with Gasteiger partial charge in [0, 0.05) is 0 Å². The van der Waals surface area contributed by atoms with E-state index < -0.39 is 0 Å². The zero-order valence-electron chi connectivity index (χ0n) is 3.23. The lowest BCUT2D eigenvalue weighted by Gasteiger charge is -1.80. The Kier molecular flexibility index (Phi) is 0.821. The minimum Gasteiger partial charge on any atom is -0.116 e. The molecule has 0 aliphatic heterocycles. The van der Waals surface area contributed by atoms with E-state index in [0.717, 1.165) is 0 Å². The molecule has 0 N–H and O–H groups in total. The van der Waals surface area contributed by atoms with Crippen LogP contribution in [0.3, 0.4) is 0 Å². The molecular weight excluding hydrogens is 112 g/mol. The SMILES string of the molecule is C=c1sc(=C)s1. The lowest BCUT2D eigenvalue weighted by atomic mass is 11.2. The Morgan fingerprint density at radius 3 is 1.33 bits per heavy atom. The maximum absolute atomic E-state index is 3.68. The van der Waals surface area contributed by atoms with E-state index in [1.165, 1.54) is 7.69 Å². The summed E-state index contributed by atoms with van der Waals surface area (Å²) in [6.45, 7) is 7.35. The lowest BCUT2D eigenvalue weighted by Crippen LogP contribution is -2.04. The van der Waals surface area contributed by atoms with E-state index in [2.05, 4.69) is 13.2 Å². The topological polar surface area (TPSA) is 0 Å². The summed E-state index contributed by atoms with van der Waals surface area (Å²) >= 11 is 3.31. The lowest BCUT2D eigenvalue weighted by molar-refractivity contribution is 2.28. The first kappa shape index (κ1) is 4.09. The van der Waals surface area contributed by atoms with Gasteiger partial charge in [-0.3, -0.25) is 0 Å². The Morgan fingerprint density at radius 1 is 1.00 bits per heavy atom. The standard InChI is InChI=1S/C4H4S2/c1-3-5-4(2)6-3/h1-2H2. The van der Waals surface area contributed by atoms with Gasteiger partial charge in [0.25, 0.3) is 0 Å². The highest BCUT2D eigenvalue weighted by molar-refractivity contribution is 7.35. The second-order valence-corrected chi connectivity index (χ2v) is 3.84. The van der Waals surface area contributed by atoms with Crippen molar-refractivity contribution >= 4 is 35.8 Å². The second-order valence-electron chi connectivity index (χ2n) is 0.948. The molecule has 32 valence electrons. The van der Waals surface area contributed by atoms with Crippen molar-refractivity contribution in [3.63, 3.8) is 0 Å². The van der Waals surface area contributed by atoms with Crippen LogP contribution >= 0.6 is 22.7 Å². The maximum atomic E-state index is 3.68. The van der Waals surface area contributed by atoms with Crippen LogP contribution in [0.4, 0.5) is 0 Å². The highest BCUT2D eigenvalue weighted by atomic mass is 32.2. The van der Waals surface area contributed by atoms with E-state index in [0.29, 0.717) is 0 Å². The van der Waals surface area contributed by atoms with Crippen molar-refractivity contribution in [1.82, 2.24) is 0 Å². The Bertz CT molecular complexity index is 166. The summed E-state index contributed by atoms with van der Waals surface area (Å²) in [5.41, 5.74) is 0. The molecule has 6 heavy (non-hydrogen) atoms. The summed E-state index contributed by atoms with van der Waals surface area (Å²) < 4.78 is 2.33. The molecule has 1 aromatic heterocycles. The molecule has 1 rings (SSSR count). The van der Waals surface area contributed by atoms with Crippen LogP contribution in [0.5, 0.6) is 0 Å². The summed E-state index contributed by atoms with van der Waals surface area (Å²) in [7, 11) is 0. The average molecular weight is 116 g/mol. The zero-order chi connectivity index (χ0) is 4.57. The largest absolute Gasteiger partial charge is 0.116 e. The molecule has 0 aliphatic rings. The third kappa shape index (κ3) is 0.533. The summed E-state index contributed by atoms with van der Waals surface area (Å²) in [6, 6.07) is 0. The summed E-state index contributed by atoms with van der Waals surface area (Å²) in [5.74, 6) is 0. The predicted octanol–water partition coefficient (Wildman–Crippen LogP) is 0.630. The molecule has 1 heterocycles. The smallest absolute Gasteiger partial charge is 0.0749 e. The number of hydrogen-bond donors (Lipinski definition) is 0. The van der Waals surface area contributed by atoms with Crippen molar-refractivity contribution in [2.75, 3.05) is 0 Å². The third-order valence-corrected chi connectivity index (χ3v) is 2.37. The minimum atomic E-state index is 1.17. The highest BCUT2D eigenvalue weighted by Gasteiger charge is 1.77. The van der Waals surface area contributed by atoms with Crippen molar-refractivity contribution in [3.8, 4) is 0 Å². The number of hydrogen-bond acceptors (Lipinski definition) is 2. The van der Waals surface area contributed by atoms with E-state index in [1.54, 1.807) is 22.7 Å². The van der Waals surface area contributed by atoms with Crippen LogP contribution in [0.2, 0.25) is 0 Å². The van der Waals surface area contributed by atoms with Crippen LogP contribution in [0, 0.1) is 0 Å². The molecule has 0 aliphatic carbocycles. The van der Waals surface area contributed by atoms with Crippen molar-refractivity contribution < 1.29 is 0 Å². The van der Waals surface area contributed by atoms with Gasteiger partial charge in [-0.05, 0) is 0 Å². The second kappa shape index (κ2) is 1.21. The van der Waals surface area contributed by atoms with E-state index in [9.17, 15) is 0 Å². The monoisotopic (exact) mass is 116 g/mol. The van der Waals surface area contributed by atoms with Crippen LogP contribution in [0.15, 0.2) is 0 Å². The molecule has 1 aromatic rings. The fourth-order valence-electron chi connectivity index (χ4n) is 0.262. The van der Waals surface area contributed by atoms with Crippen molar-refractivity contribution in [2.45, 2.75) is 0 Å².